The molecule has 0 saturated carbocycles. The van der Waals surface area contributed by atoms with Gasteiger partial charge in [-0.05, 0) is 26.2 Å². The number of carbonyl (C=O) groups is 2. The van der Waals surface area contributed by atoms with Crippen molar-refractivity contribution < 1.29 is 36.3 Å². The van der Waals surface area contributed by atoms with Crippen LogP contribution in [0.1, 0.15) is 26.2 Å². The largest absolute Gasteiger partial charge is 0.481 e. The molecule has 11 heteroatoms. The van der Waals surface area contributed by atoms with Crippen molar-refractivity contribution in [3.05, 3.63) is 0 Å². The summed E-state index contributed by atoms with van der Waals surface area (Å²) < 4.78 is 64.7. The summed E-state index contributed by atoms with van der Waals surface area (Å²) in [6, 6.07) is 0. The highest BCUT2D eigenvalue weighted by Crippen LogP contribution is 2.46. The molecule has 0 radical (unpaired) electrons. The van der Waals surface area contributed by atoms with E-state index >= 15 is 0 Å². The summed E-state index contributed by atoms with van der Waals surface area (Å²) in [5, 5.41) is 9.04. The minimum absolute atomic E-state index is 0.0718. The van der Waals surface area contributed by atoms with Gasteiger partial charge in [-0.1, -0.05) is 0 Å². The molecule has 2 rings (SSSR count). The molecule has 2 aliphatic heterocycles. The fourth-order valence-corrected chi connectivity index (χ4v) is 4.54. The monoisotopic (exact) mass is 386 g/mol. The van der Waals surface area contributed by atoms with Gasteiger partial charge in [0.15, 0.2) is 5.41 Å². The minimum Gasteiger partial charge on any atom is -0.481 e. The first-order valence-electron chi connectivity index (χ1n) is 8.01. The summed E-state index contributed by atoms with van der Waals surface area (Å²) in [6.07, 6.45) is -4.84. The van der Waals surface area contributed by atoms with Crippen molar-refractivity contribution in [3.63, 3.8) is 0 Å². The summed E-state index contributed by atoms with van der Waals surface area (Å²) in [5.74, 6) is -3.46. The lowest BCUT2D eigenvalue weighted by atomic mass is 9.86. The fourth-order valence-electron chi connectivity index (χ4n) is 3.36. The molecule has 2 atom stereocenters. The molecule has 2 aliphatic rings. The second-order valence-electron chi connectivity index (χ2n) is 6.49. The van der Waals surface area contributed by atoms with E-state index in [1.807, 2.05) is 0 Å². The molecule has 0 aromatic heterocycles. The molecular weight excluding hydrogens is 365 g/mol. The zero-order chi connectivity index (χ0) is 19.0. The number of aliphatic carboxylic acids is 1. The predicted molar refractivity (Wildman–Crippen MR) is 81.1 cm³/mol. The number of piperidine rings is 1. The van der Waals surface area contributed by atoms with Crippen LogP contribution in [0.15, 0.2) is 0 Å². The molecule has 0 aromatic rings. The number of carboxylic acid groups (broad SMARTS) is 1. The Labute approximate surface area is 143 Å². The number of nitrogens with zero attached hydrogens (tertiary/aromatic N) is 2. The predicted octanol–water partition coefficient (Wildman–Crippen LogP) is 0.914. The van der Waals surface area contributed by atoms with Crippen LogP contribution in [0.2, 0.25) is 0 Å². The number of sulfonamides is 1. The number of alkyl halides is 3. The average molecular weight is 386 g/mol. The van der Waals surface area contributed by atoms with Crippen molar-refractivity contribution in [2.45, 2.75) is 32.4 Å². The molecule has 2 fully saturated rings. The highest BCUT2D eigenvalue weighted by Gasteiger charge is 2.64. The lowest BCUT2D eigenvalue weighted by Crippen LogP contribution is -2.50. The zero-order valence-electron chi connectivity index (χ0n) is 13.8. The number of amides is 1. The Bertz CT molecular complexity index is 651. The van der Waals surface area contributed by atoms with Crippen molar-refractivity contribution in [3.8, 4) is 0 Å². The molecule has 7 nitrogen and oxygen atoms in total. The Kier molecular flexibility index (Phi) is 5.39. The third-order valence-corrected chi connectivity index (χ3v) is 6.87. The lowest BCUT2D eigenvalue weighted by molar-refractivity contribution is -0.227. The number of carbonyl (C=O) groups excluding carboxylic acids is 1. The van der Waals surface area contributed by atoms with E-state index in [-0.39, 0.29) is 25.4 Å². The van der Waals surface area contributed by atoms with Crippen molar-refractivity contribution >= 4 is 21.9 Å². The van der Waals surface area contributed by atoms with Crippen LogP contribution in [0.25, 0.3) is 0 Å². The quantitative estimate of drug-likeness (QED) is 0.775. The molecule has 0 aliphatic carbocycles. The first-order valence-corrected chi connectivity index (χ1v) is 9.62. The highest BCUT2D eigenvalue weighted by molar-refractivity contribution is 7.89. The molecule has 0 aromatic carbocycles. The Morgan fingerprint density at radius 2 is 1.92 bits per heavy atom. The third kappa shape index (κ3) is 3.62. The summed E-state index contributed by atoms with van der Waals surface area (Å²) in [4.78, 5) is 24.6. The van der Waals surface area contributed by atoms with Crippen LogP contribution in [0, 0.1) is 11.3 Å². The Morgan fingerprint density at radius 3 is 2.40 bits per heavy atom. The number of hydrogen-bond acceptors (Lipinski definition) is 4. The number of likely N-dealkylation sites (tertiary alicyclic amines) is 1. The number of halogens is 3. The maximum atomic E-state index is 13.2. The number of carboxylic acids is 1. The molecule has 2 saturated heterocycles. The van der Waals surface area contributed by atoms with Crippen LogP contribution in [0.4, 0.5) is 13.2 Å². The van der Waals surface area contributed by atoms with E-state index in [9.17, 15) is 31.2 Å². The van der Waals surface area contributed by atoms with Crippen LogP contribution in [-0.4, -0.2) is 72.7 Å². The molecule has 0 spiro atoms. The molecule has 0 bridgehead atoms. The second-order valence-corrected chi connectivity index (χ2v) is 8.75. The second kappa shape index (κ2) is 6.75. The number of hydrogen-bond donors (Lipinski definition) is 1. The van der Waals surface area contributed by atoms with E-state index in [1.54, 1.807) is 0 Å². The van der Waals surface area contributed by atoms with Gasteiger partial charge in [-0.15, -0.1) is 0 Å². The lowest BCUT2D eigenvalue weighted by Gasteiger charge is -2.33. The van der Waals surface area contributed by atoms with E-state index in [1.165, 1.54) is 11.2 Å². The standard InChI is InChI=1S/C14H21F3N2O5S/c1-2-25(23,24)19-6-3-4-10(8-19)11(20)18-7-5-13(9-18,12(21)22)14(15,16)17/h10H,2-9H2,1H3,(H,21,22). The van der Waals surface area contributed by atoms with Gasteiger partial charge < -0.3 is 10.0 Å². The van der Waals surface area contributed by atoms with E-state index in [4.69, 9.17) is 5.11 Å². The van der Waals surface area contributed by atoms with Gasteiger partial charge in [0.25, 0.3) is 0 Å². The van der Waals surface area contributed by atoms with Gasteiger partial charge in [-0.2, -0.15) is 13.2 Å². The molecular formula is C14H21F3N2O5S. The topological polar surface area (TPSA) is 95.0 Å². The van der Waals surface area contributed by atoms with Gasteiger partial charge in [0.05, 0.1) is 11.7 Å². The first kappa shape index (κ1) is 20.0. The van der Waals surface area contributed by atoms with E-state index < -0.39 is 52.4 Å². The molecule has 2 unspecified atom stereocenters. The van der Waals surface area contributed by atoms with Crippen LogP contribution in [-0.2, 0) is 19.6 Å². The molecule has 1 N–H and O–H groups in total. The normalized spacial score (nSPS) is 29.0. The summed E-state index contributed by atoms with van der Waals surface area (Å²) >= 11 is 0. The van der Waals surface area contributed by atoms with E-state index in [0.717, 1.165) is 4.90 Å². The van der Waals surface area contributed by atoms with Crippen LogP contribution >= 0.6 is 0 Å². The zero-order valence-corrected chi connectivity index (χ0v) is 14.6. The van der Waals surface area contributed by atoms with Crippen LogP contribution in [0.5, 0.6) is 0 Å². The van der Waals surface area contributed by atoms with Crippen molar-refractivity contribution in [2.24, 2.45) is 11.3 Å². The first-order chi connectivity index (χ1) is 11.4. The van der Waals surface area contributed by atoms with Gasteiger partial charge >= 0.3 is 12.1 Å². The third-order valence-electron chi connectivity index (χ3n) is 5.02. The fraction of sp³-hybridized carbons (Fsp3) is 0.857. The maximum Gasteiger partial charge on any atom is 0.406 e. The van der Waals surface area contributed by atoms with Gasteiger partial charge in [-0.25, -0.2) is 12.7 Å². The summed E-state index contributed by atoms with van der Waals surface area (Å²) in [7, 11) is -3.48. The van der Waals surface area contributed by atoms with Gasteiger partial charge in [0.1, 0.15) is 0 Å². The van der Waals surface area contributed by atoms with Crippen molar-refractivity contribution in [1.82, 2.24) is 9.21 Å². The average Bonchev–Trinajstić information content (AvgIpc) is 3.01. The Hall–Kier alpha value is -1.36. The Morgan fingerprint density at radius 1 is 1.28 bits per heavy atom. The summed E-state index contributed by atoms with van der Waals surface area (Å²) in [5.41, 5.74) is -2.95. The SMILES string of the molecule is CCS(=O)(=O)N1CCCC(C(=O)N2CCC(C(=O)O)(C(F)(F)F)C2)C1. The van der Waals surface area contributed by atoms with Gasteiger partial charge in [0, 0.05) is 26.2 Å². The summed E-state index contributed by atoms with van der Waals surface area (Å²) in [6.45, 7) is 0.453. The van der Waals surface area contributed by atoms with Crippen molar-refractivity contribution in [2.75, 3.05) is 31.9 Å². The smallest absolute Gasteiger partial charge is 0.406 e. The minimum atomic E-state index is -4.96. The number of rotatable bonds is 4. The van der Waals surface area contributed by atoms with Gasteiger partial charge in [-0.3, -0.25) is 9.59 Å². The molecule has 144 valence electrons. The highest BCUT2D eigenvalue weighted by atomic mass is 32.2. The van der Waals surface area contributed by atoms with Crippen LogP contribution in [0.3, 0.4) is 0 Å². The van der Waals surface area contributed by atoms with E-state index in [2.05, 4.69) is 0 Å². The van der Waals surface area contributed by atoms with Crippen molar-refractivity contribution in [1.29, 1.82) is 0 Å². The molecule has 1 amide bonds. The molecule has 25 heavy (non-hydrogen) atoms. The molecule has 2 heterocycles. The van der Waals surface area contributed by atoms with Gasteiger partial charge in [0.2, 0.25) is 15.9 Å². The Balaban J connectivity index is 2.13. The van der Waals surface area contributed by atoms with Crippen LogP contribution < -0.4 is 0 Å². The maximum absolute atomic E-state index is 13.2. The van der Waals surface area contributed by atoms with E-state index in [0.29, 0.717) is 12.8 Å².